The maximum atomic E-state index is 8.36. The molecule has 0 amide bonds. The van der Waals surface area contributed by atoms with E-state index in [1.165, 1.54) is 0 Å². The van der Waals surface area contributed by atoms with Crippen LogP contribution < -0.4 is 0 Å². The fourth-order valence-corrected chi connectivity index (χ4v) is 0. The van der Waals surface area contributed by atoms with E-state index in [9.17, 15) is 0 Å². The molecule has 0 aliphatic rings. The van der Waals surface area contributed by atoms with Crippen molar-refractivity contribution in [3.8, 4) is 0 Å². The van der Waals surface area contributed by atoms with Gasteiger partial charge in [0.2, 0.25) is 0 Å². The summed E-state index contributed by atoms with van der Waals surface area (Å²) in [5.41, 5.74) is 0. The quantitative estimate of drug-likeness (QED) is 0.356. The van der Waals surface area contributed by atoms with Crippen LogP contribution in [0.1, 0.15) is 0 Å². The predicted octanol–water partition coefficient (Wildman–Crippen LogP) is -1.44. The van der Waals surface area contributed by atoms with Crippen molar-refractivity contribution in [1.82, 2.24) is 0 Å². The SMILES string of the molecule is P.[B]=O.[O]=[Bi].[O]=[Sn]. The summed E-state index contributed by atoms with van der Waals surface area (Å²) in [7, 11) is 3.25. The standard InChI is InChI=1S/BO.Bi.2O.H3P.Sn/c1-2;;;;;/h;;;;1H3;. The molecule has 0 N–H and O–H groups in total. The van der Waals surface area contributed by atoms with Crippen LogP contribution in [0.2, 0.25) is 0 Å². The summed E-state index contributed by atoms with van der Waals surface area (Å²) in [6, 6.07) is 0. The Kier molecular flexibility index (Phi) is 443. The third-order valence-electron chi connectivity index (χ3n) is 0. The molecule has 0 bridgehead atoms. The molecule has 7 heteroatoms. The van der Waals surface area contributed by atoms with E-state index < -0.39 is 0 Å². The van der Waals surface area contributed by atoms with Gasteiger partial charge in [0.05, 0.1) is 0 Å². The van der Waals surface area contributed by atoms with Crippen molar-refractivity contribution in [2.75, 3.05) is 0 Å². The third kappa shape index (κ3) is 94.8. The summed E-state index contributed by atoms with van der Waals surface area (Å²) < 4.78 is 24.5. The normalized spacial score (nSPS) is 1.57. The predicted molar refractivity (Wildman–Crippen MR) is 30.4 cm³/mol. The van der Waals surface area contributed by atoms with E-state index in [2.05, 4.69) is 7.72 Å². The van der Waals surface area contributed by atoms with E-state index in [4.69, 9.17) is 10.6 Å². The molecule has 0 saturated heterocycles. The minimum atomic E-state index is 0. The van der Waals surface area contributed by atoms with Crippen LogP contribution in [0.4, 0.5) is 0 Å². The molecule has 0 aliphatic carbocycles. The Morgan fingerprint density at radius 2 is 1.14 bits per heavy atom. The molecule has 0 aromatic carbocycles. The first-order chi connectivity index (χ1) is 3.00. The van der Waals surface area contributed by atoms with Crippen molar-refractivity contribution in [3.05, 3.63) is 0 Å². The molecule has 4 radical (unpaired) electrons. The van der Waals surface area contributed by atoms with Gasteiger partial charge in [-0.1, -0.05) is 0 Å². The number of rotatable bonds is 0. The van der Waals surface area contributed by atoms with Crippen molar-refractivity contribution in [2.24, 2.45) is 0 Å². The Labute approximate surface area is 74.8 Å². The zero-order valence-electron chi connectivity index (χ0n) is 3.46. The Morgan fingerprint density at radius 3 is 1.14 bits per heavy atom. The van der Waals surface area contributed by atoms with Gasteiger partial charge in [0, 0.05) is 0 Å². The van der Waals surface area contributed by atoms with Gasteiger partial charge in [0.15, 0.2) is 0 Å². The number of hydrogen-bond acceptors (Lipinski definition) is 3. The number of hydrogen-bond donors (Lipinski definition) is 0. The van der Waals surface area contributed by atoms with Gasteiger partial charge in [-0.15, -0.1) is 0 Å². The molecular formula is H3BBiO3PSn. The van der Waals surface area contributed by atoms with Gasteiger partial charge in [-0.2, -0.15) is 9.90 Å². The molecule has 0 saturated carbocycles. The Hall–Kier alpha value is 1.58. The molecule has 1 atom stereocenters. The van der Waals surface area contributed by atoms with E-state index in [1.807, 2.05) is 0 Å². The molecule has 0 aromatic heterocycles. The first-order valence-electron chi connectivity index (χ1n) is 0.622. The first kappa shape index (κ1) is 23.5. The van der Waals surface area contributed by atoms with Crippen LogP contribution in [-0.4, -0.2) is 55.0 Å². The summed E-state index contributed by atoms with van der Waals surface area (Å²) in [4.78, 5) is 0. The third-order valence-corrected chi connectivity index (χ3v) is 0. The average molecular weight is 420 g/mol. The van der Waals surface area contributed by atoms with Crippen molar-refractivity contribution in [2.45, 2.75) is 0 Å². The van der Waals surface area contributed by atoms with Crippen LogP contribution in [0.3, 0.4) is 0 Å². The second-order valence-electron chi connectivity index (χ2n) is 0. The van der Waals surface area contributed by atoms with Crippen molar-refractivity contribution in [1.29, 1.82) is 0 Å². The van der Waals surface area contributed by atoms with E-state index in [0.717, 1.165) is 0 Å². The molecule has 0 aromatic rings. The van der Waals surface area contributed by atoms with Crippen LogP contribution in [0.5, 0.6) is 0 Å². The molecule has 7 heavy (non-hydrogen) atoms. The summed E-state index contributed by atoms with van der Waals surface area (Å²) in [6.07, 6.45) is 0. The van der Waals surface area contributed by atoms with Crippen molar-refractivity contribution < 1.29 is 10.6 Å². The molecule has 0 fully saturated rings. The Balaban J connectivity index is -0.00000000900. The first-order valence-corrected chi connectivity index (χ1v) is 3.21. The van der Waals surface area contributed by atoms with Gasteiger partial charge >= 0.3 is 65.5 Å². The molecule has 1 unspecified atom stereocenters. The van der Waals surface area contributed by atoms with Gasteiger partial charge < -0.3 is 0 Å². The van der Waals surface area contributed by atoms with Gasteiger partial charge in [-0.25, -0.2) is 0 Å². The summed E-state index contributed by atoms with van der Waals surface area (Å²) in [6.45, 7) is 0. The fourth-order valence-electron chi connectivity index (χ4n) is 0. The van der Waals surface area contributed by atoms with E-state index in [-0.39, 0.29) is 34.6 Å². The molecule has 0 spiro atoms. The van der Waals surface area contributed by atoms with Crippen molar-refractivity contribution in [3.63, 3.8) is 0 Å². The molecule has 0 heterocycles. The average Bonchev–Trinajstić information content (AvgIpc) is 1.81. The van der Waals surface area contributed by atoms with Crippen LogP contribution >= 0.6 is 9.90 Å². The second-order valence-corrected chi connectivity index (χ2v) is 0. The summed E-state index contributed by atoms with van der Waals surface area (Å²) >= 11 is 0.494. The second kappa shape index (κ2) is 132. The fraction of sp³-hybridized carbons (Fsp3) is 0. The zero-order valence-corrected chi connectivity index (χ0v) is 11.2. The van der Waals surface area contributed by atoms with Crippen LogP contribution in [-0.2, 0) is 10.6 Å². The topological polar surface area (TPSA) is 51.2 Å². The monoisotopic (exact) mass is 422 g/mol. The zero-order chi connectivity index (χ0) is 6.00. The molecule has 38 valence electrons. The van der Waals surface area contributed by atoms with Crippen LogP contribution in [0.15, 0.2) is 0 Å². The summed E-state index contributed by atoms with van der Waals surface area (Å²) in [5, 5.41) is 0. The van der Waals surface area contributed by atoms with Gasteiger partial charge in [-0.05, 0) is 0 Å². The van der Waals surface area contributed by atoms with Gasteiger partial charge in [-0.3, -0.25) is 0 Å². The van der Waals surface area contributed by atoms with Crippen LogP contribution in [0, 0.1) is 0 Å². The van der Waals surface area contributed by atoms with Crippen LogP contribution in [0.25, 0.3) is 0 Å². The van der Waals surface area contributed by atoms with E-state index in [0.29, 0.717) is 22.5 Å². The van der Waals surface area contributed by atoms with E-state index in [1.54, 1.807) is 0 Å². The van der Waals surface area contributed by atoms with E-state index >= 15 is 0 Å². The van der Waals surface area contributed by atoms with Gasteiger partial charge in [0.25, 0.3) is 0 Å². The minimum absolute atomic E-state index is 0. The molecular weight excluding hydrogens is 417 g/mol. The Morgan fingerprint density at radius 1 is 1.14 bits per heavy atom. The van der Waals surface area contributed by atoms with Crippen molar-refractivity contribution >= 4 is 64.9 Å². The molecule has 3 nitrogen and oxygen atoms in total. The summed E-state index contributed by atoms with van der Waals surface area (Å²) in [5.74, 6) is 0. The van der Waals surface area contributed by atoms with Gasteiger partial charge in [0.1, 0.15) is 0 Å². The maximum absolute atomic E-state index is 8.36. The molecule has 0 aliphatic heterocycles. The Bertz CT molecular complexity index is 19.7. The molecule has 0 rings (SSSR count).